The summed E-state index contributed by atoms with van der Waals surface area (Å²) in [6, 6.07) is 101. The molecule has 0 N–H and O–H groups in total. The van der Waals surface area contributed by atoms with E-state index in [1.165, 1.54) is 52.3 Å². The summed E-state index contributed by atoms with van der Waals surface area (Å²) in [5.74, 6) is -1.61. The van der Waals surface area contributed by atoms with E-state index >= 15 is 0 Å². The molecule has 3 aliphatic rings. The number of fused-ring (bicyclic) bond motifs is 5. The van der Waals surface area contributed by atoms with E-state index in [9.17, 15) is 61.0 Å². The minimum absolute atomic E-state index is 0.00929. The van der Waals surface area contributed by atoms with Gasteiger partial charge in [0, 0.05) is 81.9 Å². The highest BCUT2D eigenvalue weighted by molar-refractivity contribution is 7.98. The molecule has 0 bridgehead atoms. The van der Waals surface area contributed by atoms with Gasteiger partial charge in [0.2, 0.25) is 0 Å². The molecule has 0 atom stereocenters. The Morgan fingerprint density at radius 2 is 0.581 bits per heavy atom. The van der Waals surface area contributed by atoms with Gasteiger partial charge in [-0.25, -0.2) is 4.79 Å². The highest BCUT2D eigenvalue weighted by Gasteiger charge is 2.42. The van der Waals surface area contributed by atoms with Crippen molar-refractivity contribution >= 4 is 140 Å². The Bertz CT molecular complexity index is 7280. The number of benzene rings is 14. The van der Waals surface area contributed by atoms with Crippen molar-refractivity contribution in [3.8, 4) is 17.2 Å². The fraction of sp³-hybridized carbons (Fsp3) is 0.0882. The number of carbonyl (C=O) groups excluding carboxylic acids is 4. The summed E-state index contributed by atoms with van der Waals surface area (Å²) in [6.07, 6.45) is 2.94. The molecule has 17 rings (SSSR count). The van der Waals surface area contributed by atoms with E-state index in [0.29, 0.717) is 22.6 Å². The van der Waals surface area contributed by atoms with Gasteiger partial charge in [-0.05, 0) is 169 Å². The van der Waals surface area contributed by atoms with Crippen LogP contribution in [0.25, 0.3) is 52.9 Å². The Hall–Kier alpha value is -14.3. The molecule has 129 heavy (non-hydrogen) atoms. The molecule has 0 saturated carbocycles. The minimum atomic E-state index is -4.68. The van der Waals surface area contributed by atoms with Gasteiger partial charge in [0.1, 0.15) is 45.2 Å². The second-order valence-electron chi connectivity index (χ2n) is 29.8. The van der Waals surface area contributed by atoms with Crippen LogP contribution in [0.3, 0.4) is 0 Å². The Labute approximate surface area is 754 Å². The zero-order chi connectivity index (χ0) is 90.8. The summed E-state index contributed by atoms with van der Waals surface area (Å²) in [5, 5.41) is 4.60. The molecule has 0 unspecified atom stereocenters. The number of ether oxygens (including phenoxy) is 2. The van der Waals surface area contributed by atoms with E-state index in [1.54, 1.807) is 30.3 Å². The summed E-state index contributed by atoms with van der Waals surface area (Å²) in [7, 11) is -14.6. The average Bonchev–Trinajstić information content (AvgIpc) is 0.759. The molecule has 0 saturated heterocycles. The lowest BCUT2D eigenvalue weighted by Gasteiger charge is -2.18. The first kappa shape index (κ1) is 89.5. The molecule has 0 aliphatic heterocycles. The van der Waals surface area contributed by atoms with Crippen molar-refractivity contribution < 1.29 is 80.8 Å². The van der Waals surface area contributed by atoms with Gasteiger partial charge in [0.25, 0.3) is 27.5 Å². The first-order chi connectivity index (χ1) is 62.2. The largest absolute Gasteiger partial charge is 0.491 e. The average molecular weight is 1820 g/mol. The lowest BCUT2D eigenvalue weighted by Crippen LogP contribution is -2.26. The van der Waals surface area contributed by atoms with Crippen LogP contribution in [-0.2, 0) is 76.2 Å². The Morgan fingerprint density at radius 3 is 0.930 bits per heavy atom. The van der Waals surface area contributed by atoms with Crippen molar-refractivity contribution in [2.45, 2.75) is 85.6 Å². The molecule has 0 spiro atoms. The van der Waals surface area contributed by atoms with E-state index in [2.05, 4.69) is 136 Å². The molecule has 0 heterocycles. The number of rotatable bonds is 23. The zero-order valence-corrected chi connectivity index (χ0v) is 75.0. The molecule has 0 fully saturated rings. The highest BCUT2D eigenvalue weighted by atomic mass is 32.2. The highest BCUT2D eigenvalue weighted by Crippen LogP contribution is 2.43. The molecule has 640 valence electrons. The fourth-order valence-electron chi connectivity index (χ4n) is 15.3. The third kappa shape index (κ3) is 19.5. The first-order valence-electron chi connectivity index (χ1n) is 40.3. The lowest BCUT2D eigenvalue weighted by molar-refractivity contribution is -0.136. The van der Waals surface area contributed by atoms with Crippen molar-refractivity contribution in [2.75, 3.05) is 19.8 Å². The van der Waals surface area contributed by atoms with Crippen LogP contribution in [0.4, 0.5) is 0 Å². The van der Waals surface area contributed by atoms with Crippen molar-refractivity contribution in [3.05, 3.63) is 417 Å². The Balaban J connectivity index is 0.000000149. The quantitative estimate of drug-likeness (QED) is 0.0189. The van der Waals surface area contributed by atoms with E-state index in [-0.39, 0.29) is 95.4 Å². The van der Waals surface area contributed by atoms with Crippen molar-refractivity contribution in [3.63, 3.8) is 0 Å². The third-order valence-corrected chi connectivity index (χ3v) is 31.5. The molecular formula is C102H79N6O15S6+3. The fourth-order valence-corrected chi connectivity index (χ4v) is 25.6. The summed E-state index contributed by atoms with van der Waals surface area (Å²) in [6.45, 7) is 10.4. The number of hydrogen-bond acceptors (Lipinski definition) is 15. The maximum atomic E-state index is 13.8. The van der Waals surface area contributed by atoms with Gasteiger partial charge in [0.15, 0.2) is 50.7 Å². The zero-order valence-electron chi connectivity index (χ0n) is 70.1. The van der Waals surface area contributed by atoms with Gasteiger partial charge < -0.3 is 34.4 Å². The molecular weight excluding hydrogens is 1740 g/mol. The summed E-state index contributed by atoms with van der Waals surface area (Å²) in [5.41, 5.74) is 32.0. The van der Waals surface area contributed by atoms with Crippen LogP contribution >= 0.6 is 0 Å². The topological polar surface area (TPSA) is 326 Å². The standard InChI is InChI=1S/C38H27N2O4S2.C32H25N2O6S2.C32H27N2O5S2/c1-24-19-32(20-25(2)38(24)44-46(42,43)36-23-35(40-39)37(41)34-14-8-7-13-33(34)36)45(30-17-15-26-9-3-5-11-28(26)21-30)31-18-16-27-10-4-6-12-29(27)22-31;1-21-17-25(41(23-11-5-3-6-12-23)24-13-7-4-8-14-24)18-22(2)32(21)39-20-30(35)40-42(37,38)29-19-28(34-33)31(36)27-16-10-9-15-26(27)29;1-22-19-26(40(24-11-5-3-6-12-24)25-13-7-4-8-14-25)20-23(2)32(22)38-17-18-39-41(36,37)30-21-29(34-33)31(35)28-16-10-9-15-27(28)30/h3-23H,1-2H3;3-19H,20H2,1-2H3;3-16,19-21H,17-18H2,1-2H3/q3*+1. The van der Waals surface area contributed by atoms with Gasteiger partial charge >= 0.3 is 43.3 Å². The van der Waals surface area contributed by atoms with Gasteiger partial charge in [-0.1, -0.05) is 194 Å². The van der Waals surface area contributed by atoms with Gasteiger partial charge in [0.05, 0.1) is 50.9 Å². The van der Waals surface area contributed by atoms with Gasteiger partial charge in [-0.2, -0.15) is 39.6 Å². The van der Waals surface area contributed by atoms with E-state index in [4.69, 9.17) is 22.0 Å². The molecule has 14 aromatic carbocycles. The van der Waals surface area contributed by atoms with Crippen LogP contribution in [0.2, 0.25) is 0 Å². The molecule has 21 nitrogen and oxygen atoms in total. The van der Waals surface area contributed by atoms with Gasteiger partial charge in [-0.15, -0.1) is 0 Å². The number of nitrogens with zero attached hydrogens (tertiary/aromatic N) is 6. The molecule has 14 aromatic rings. The smallest absolute Gasteiger partial charge is 0.364 e. The van der Waals surface area contributed by atoms with E-state index < -0.39 is 81.8 Å². The monoisotopic (exact) mass is 1820 g/mol. The molecule has 0 aromatic heterocycles. The lowest BCUT2D eigenvalue weighted by atomic mass is 9.95. The number of Topliss-reactive ketones (excluding diaryl/α,β-unsaturated/α-hetero) is 3. The number of hydrogen-bond donors (Lipinski definition) is 0. The van der Waals surface area contributed by atoms with Crippen LogP contribution < -0.4 is 13.7 Å². The molecule has 3 aliphatic carbocycles. The predicted molar refractivity (Wildman–Crippen MR) is 500 cm³/mol. The number of aryl methyl sites for hydroxylation is 6. The first-order valence-corrected chi connectivity index (χ1v) is 48.2. The summed E-state index contributed by atoms with van der Waals surface area (Å²) in [4.78, 5) is 68.4. The van der Waals surface area contributed by atoms with Crippen molar-refractivity contribution in [1.29, 1.82) is 0 Å². The van der Waals surface area contributed by atoms with Crippen LogP contribution in [0.15, 0.2) is 378 Å². The normalized spacial score (nSPS) is 13.0. The maximum Gasteiger partial charge on any atom is 0.364 e. The van der Waals surface area contributed by atoms with Crippen LogP contribution in [0.5, 0.6) is 17.2 Å². The van der Waals surface area contributed by atoms with Gasteiger partial charge in [-0.3, -0.25) is 18.6 Å². The SMILES string of the molecule is Cc1cc([S+](c2ccc3ccccc3c2)c2ccc3ccccc3c2)cc(C)c1OS(=O)(=O)C1=CC(=[N+]=[N-])C(=O)c2ccccc21.Cc1cc([S+](c2ccccc2)c2ccccc2)cc(C)c1OCC(=O)OS(=O)(=O)C1=CC(=[N+]=[N-])C(=O)c2ccccc21.Cc1cc([S+](c2ccccc2)c2ccccc2)cc(C)c1OCCOS(=O)(=O)C1=CC(=[N+]=[N-])C(=O)c2ccccc21. The minimum Gasteiger partial charge on any atom is -0.491 e. The van der Waals surface area contributed by atoms with Crippen LogP contribution in [-0.4, -0.2) is 99.9 Å². The molecule has 0 radical (unpaired) electrons. The Kier molecular flexibility index (Phi) is 27.0. The van der Waals surface area contributed by atoms with Crippen molar-refractivity contribution in [1.82, 2.24) is 0 Å². The summed E-state index contributed by atoms with van der Waals surface area (Å²) >= 11 is 0. The van der Waals surface area contributed by atoms with Crippen molar-refractivity contribution in [2.24, 2.45) is 0 Å². The second-order valence-corrected chi connectivity index (χ2v) is 40.5. The predicted octanol–water partition coefficient (Wildman–Crippen LogP) is 19.9. The maximum absolute atomic E-state index is 13.8. The second kappa shape index (κ2) is 38.9. The molecule has 27 heteroatoms. The molecule has 0 amide bonds. The van der Waals surface area contributed by atoms with Crippen LogP contribution in [0.1, 0.15) is 81.1 Å². The van der Waals surface area contributed by atoms with E-state index in [1.807, 2.05) is 163 Å². The number of ketones is 3. The van der Waals surface area contributed by atoms with E-state index in [0.717, 1.165) is 96.3 Å². The van der Waals surface area contributed by atoms with Crippen LogP contribution in [0, 0.1) is 41.5 Å². The number of allylic oxidation sites excluding steroid dienone is 3. The number of carbonyl (C=O) groups is 4. The summed E-state index contributed by atoms with van der Waals surface area (Å²) < 4.78 is 107. The third-order valence-electron chi connectivity index (χ3n) is 21.1. The Morgan fingerprint density at radius 1 is 0.295 bits per heavy atom.